The van der Waals surface area contributed by atoms with Crippen molar-refractivity contribution < 1.29 is 19.2 Å². The number of benzene rings is 2. The van der Waals surface area contributed by atoms with Crippen molar-refractivity contribution in [1.82, 2.24) is 4.90 Å². The lowest BCUT2D eigenvalue weighted by atomic mass is 10.1. The Morgan fingerprint density at radius 2 is 1.83 bits per heavy atom. The van der Waals surface area contributed by atoms with Gasteiger partial charge in [-0.1, -0.05) is 6.07 Å². The molecular formula is C20H22N4O5. The number of nitrogens with zero attached hydrogens (tertiary/aromatic N) is 3. The van der Waals surface area contributed by atoms with Gasteiger partial charge in [-0.3, -0.25) is 14.9 Å². The van der Waals surface area contributed by atoms with Gasteiger partial charge in [0.25, 0.3) is 5.69 Å². The minimum atomic E-state index is -0.633. The van der Waals surface area contributed by atoms with Gasteiger partial charge >= 0.3 is 5.97 Å². The molecule has 0 radical (unpaired) electrons. The molecule has 0 aromatic heterocycles. The van der Waals surface area contributed by atoms with Crippen LogP contribution in [0, 0.1) is 10.1 Å². The van der Waals surface area contributed by atoms with E-state index in [1.165, 1.54) is 25.3 Å². The van der Waals surface area contributed by atoms with E-state index in [-0.39, 0.29) is 22.8 Å². The molecule has 2 aromatic rings. The summed E-state index contributed by atoms with van der Waals surface area (Å²) in [5, 5.41) is 14.5. The number of methoxy groups -OCH3 is 1. The molecule has 152 valence electrons. The molecule has 0 bridgehead atoms. The topological polar surface area (TPSA) is 105 Å². The Hall–Kier alpha value is -3.62. The molecule has 29 heavy (non-hydrogen) atoms. The van der Waals surface area contributed by atoms with Crippen LogP contribution in [-0.2, 0) is 9.53 Å². The third kappa shape index (κ3) is 4.63. The van der Waals surface area contributed by atoms with E-state index >= 15 is 0 Å². The number of esters is 1. The van der Waals surface area contributed by atoms with Crippen molar-refractivity contribution in [2.45, 2.75) is 6.92 Å². The zero-order chi connectivity index (χ0) is 21.0. The van der Waals surface area contributed by atoms with Crippen molar-refractivity contribution in [2.75, 3.05) is 43.5 Å². The number of nitro groups is 1. The third-order valence-electron chi connectivity index (χ3n) is 4.83. The summed E-state index contributed by atoms with van der Waals surface area (Å²) >= 11 is 0. The molecule has 2 aromatic carbocycles. The van der Waals surface area contributed by atoms with Crippen LogP contribution in [0.4, 0.5) is 22.7 Å². The highest BCUT2D eigenvalue weighted by Crippen LogP contribution is 2.30. The van der Waals surface area contributed by atoms with E-state index in [1.54, 1.807) is 6.92 Å². The first-order valence-electron chi connectivity index (χ1n) is 9.13. The minimum Gasteiger partial charge on any atom is -0.465 e. The van der Waals surface area contributed by atoms with E-state index < -0.39 is 10.9 Å². The summed E-state index contributed by atoms with van der Waals surface area (Å²) in [4.78, 5) is 38.0. The van der Waals surface area contributed by atoms with Gasteiger partial charge in [-0.15, -0.1) is 0 Å². The van der Waals surface area contributed by atoms with Crippen LogP contribution in [0.3, 0.4) is 0 Å². The molecule has 9 nitrogen and oxygen atoms in total. The standard InChI is InChI=1S/C20H22N4O5/c1-14(25)22-8-10-23(11-9-22)17-5-3-4-16(13-17)21-18-7-6-15(20(26)29-2)12-19(18)24(27)28/h3-7,12-13,21H,8-11H2,1-2H3. The van der Waals surface area contributed by atoms with Crippen LogP contribution >= 0.6 is 0 Å². The molecule has 0 spiro atoms. The van der Waals surface area contributed by atoms with E-state index in [4.69, 9.17) is 0 Å². The highest BCUT2D eigenvalue weighted by Gasteiger charge is 2.20. The lowest BCUT2D eigenvalue weighted by Crippen LogP contribution is -2.48. The lowest BCUT2D eigenvalue weighted by Gasteiger charge is -2.35. The van der Waals surface area contributed by atoms with E-state index in [9.17, 15) is 19.7 Å². The number of hydrogen-bond donors (Lipinski definition) is 1. The molecule has 0 unspecified atom stereocenters. The summed E-state index contributed by atoms with van der Waals surface area (Å²) in [6, 6.07) is 11.7. The quantitative estimate of drug-likeness (QED) is 0.469. The van der Waals surface area contributed by atoms with Crippen molar-refractivity contribution in [3.8, 4) is 0 Å². The number of anilines is 3. The first-order valence-corrected chi connectivity index (χ1v) is 9.13. The summed E-state index contributed by atoms with van der Waals surface area (Å²) < 4.78 is 4.62. The number of rotatable bonds is 5. The number of amides is 1. The maximum absolute atomic E-state index is 11.6. The molecule has 0 aliphatic carbocycles. The molecule has 1 amide bonds. The van der Waals surface area contributed by atoms with Gasteiger partial charge in [0.05, 0.1) is 17.6 Å². The van der Waals surface area contributed by atoms with E-state index in [0.29, 0.717) is 18.8 Å². The van der Waals surface area contributed by atoms with Crippen molar-refractivity contribution in [3.63, 3.8) is 0 Å². The fourth-order valence-electron chi connectivity index (χ4n) is 3.25. The normalized spacial score (nSPS) is 13.7. The number of nitro benzene ring substituents is 1. The van der Waals surface area contributed by atoms with Crippen molar-refractivity contribution >= 4 is 34.6 Å². The van der Waals surface area contributed by atoms with Crippen molar-refractivity contribution in [2.24, 2.45) is 0 Å². The SMILES string of the molecule is COC(=O)c1ccc(Nc2cccc(N3CCN(C(C)=O)CC3)c2)c([N+](=O)[O-])c1. The minimum absolute atomic E-state index is 0.0720. The van der Waals surface area contributed by atoms with Gasteiger partial charge in [-0.05, 0) is 30.3 Å². The molecule has 0 saturated carbocycles. The van der Waals surface area contributed by atoms with Crippen LogP contribution in [0.1, 0.15) is 17.3 Å². The predicted octanol–water partition coefficient (Wildman–Crippen LogP) is 2.79. The van der Waals surface area contributed by atoms with Crippen LogP contribution in [0.25, 0.3) is 0 Å². The molecular weight excluding hydrogens is 376 g/mol. The Kier molecular flexibility index (Phi) is 5.96. The number of carbonyl (C=O) groups excluding carboxylic acids is 2. The number of carbonyl (C=O) groups is 2. The summed E-state index contributed by atoms with van der Waals surface area (Å²) in [5.74, 6) is -0.561. The Bertz CT molecular complexity index is 938. The highest BCUT2D eigenvalue weighted by atomic mass is 16.6. The molecule has 1 N–H and O–H groups in total. The Labute approximate surface area is 168 Å². The van der Waals surface area contributed by atoms with E-state index in [2.05, 4.69) is 15.0 Å². The van der Waals surface area contributed by atoms with Crippen molar-refractivity contribution in [1.29, 1.82) is 0 Å². The summed E-state index contributed by atoms with van der Waals surface area (Å²) in [6.07, 6.45) is 0. The first kappa shape index (κ1) is 20.1. The fourth-order valence-corrected chi connectivity index (χ4v) is 3.25. The third-order valence-corrected chi connectivity index (χ3v) is 4.83. The van der Waals surface area contributed by atoms with Crippen LogP contribution in [0.15, 0.2) is 42.5 Å². The molecule has 9 heteroatoms. The summed E-state index contributed by atoms with van der Waals surface area (Å²) in [5.41, 5.74) is 1.83. The van der Waals surface area contributed by atoms with Crippen LogP contribution in [0.2, 0.25) is 0 Å². The molecule has 0 atom stereocenters. The van der Waals surface area contributed by atoms with Gasteiger partial charge in [-0.2, -0.15) is 0 Å². The van der Waals surface area contributed by atoms with Crippen LogP contribution in [-0.4, -0.2) is 55.0 Å². The smallest absolute Gasteiger partial charge is 0.338 e. The Morgan fingerprint density at radius 3 is 2.45 bits per heavy atom. The highest BCUT2D eigenvalue weighted by molar-refractivity contribution is 5.91. The second-order valence-electron chi connectivity index (χ2n) is 6.65. The second kappa shape index (κ2) is 8.59. The van der Waals surface area contributed by atoms with Crippen LogP contribution < -0.4 is 10.2 Å². The van der Waals surface area contributed by atoms with Gasteiger partial charge in [-0.25, -0.2) is 4.79 Å². The molecule has 3 rings (SSSR count). The van der Waals surface area contributed by atoms with Crippen molar-refractivity contribution in [3.05, 3.63) is 58.1 Å². The number of nitrogens with one attached hydrogen (secondary N) is 1. The van der Waals surface area contributed by atoms with Gasteiger partial charge in [0, 0.05) is 50.5 Å². The number of hydrogen-bond acceptors (Lipinski definition) is 7. The average Bonchev–Trinajstić information content (AvgIpc) is 2.73. The molecule has 1 aliphatic heterocycles. The summed E-state index contributed by atoms with van der Waals surface area (Å²) in [7, 11) is 1.22. The predicted molar refractivity (Wildman–Crippen MR) is 109 cm³/mol. The molecule has 1 fully saturated rings. The lowest BCUT2D eigenvalue weighted by molar-refractivity contribution is -0.383. The maximum atomic E-state index is 11.6. The zero-order valence-corrected chi connectivity index (χ0v) is 16.3. The molecule has 1 aliphatic rings. The van der Waals surface area contributed by atoms with E-state index in [0.717, 1.165) is 18.8 Å². The largest absolute Gasteiger partial charge is 0.465 e. The molecule has 1 saturated heterocycles. The Morgan fingerprint density at radius 1 is 1.10 bits per heavy atom. The average molecular weight is 398 g/mol. The zero-order valence-electron chi connectivity index (χ0n) is 16.3. The monoisotopic (exact) mass is 398 g/mol. The van der Waals surface area contributed by atoms with Gasteiger partial charge < -0.3 is 19.9 Å². The maximum Gasteiger partial charge on any atom is 0.338 e. The number of piperazine rings is 1. The molecule has 1 heterocycles. The Balaban J connectivity index is 1.79. The second-order valence-corrected chi connectivity index (χ2v) is 6.65. The summed E-state index contributed by atoms with van der Waals surface area (Å²) in [6.45, 7) is 4.33. The first-order chi connectivity index (χ1) is 13.9. The van der Waals surface area contributed by atoms with Gasteiger partial charge in [0.2, 0.25) is 5.91 Å². The van der Waals surface area contributed by atoms with Crippen LogP contribution in [0.5, 0.6) is 0 Å². The van der Waals surface area contributed by atoms with Gasteiger partial charge in [0.1, 0.15) is 5.69 Å². The number of ether oxygens (including phenoxy) is 1. The van der Waals surface area contributed by atoms with E-state index in [1.807, 2.05) is 29.2 Å². The fraction of sp³-hybridized carbons (Fsp3) is 0.300. The van der Waals surface area contributed by atoms with Gasteiger partial charge in [0.15, 0.2) is 0 Å².